The number of carbonyl (C=O) groups is 1. The molecule has 2 N–H and O–H groups in total. The number of rotatable bonds is 3. The summed E-state index contributed by atoms with van der Waals surface area (Å²) in [6, 6.07) is 9.15. The Kier molecular flexibility index (Phi) is 4.69. The fraction of sp³-hybridized carbons (Fsp3) is 0.235. The lowest BCUT2D eigenvalue weighted by Gasteiger charge is -2.19. The SMILES string of the molecule is O=C(NCc1ccc(C(F)(F)F)cc1)Nc1ccc2c(c1)OCCO2. The molecule has 0 aromatic heterocycles. The molecule has 132 valence electrons. The molecule has 0 atom stereocenters. The first-order chi connectivity index (χ1) is 11.9. The van der Waals surface area contributed by atoms with Gasteiger partial charge in [0.05, 0.1) is 5.56 Å². The largest absolute Gasteiger partial charge is 0.486 e. The standard InChI is InChI=1S/C17H15F3N2O3/c18-17(19,20)12-3-1-11(2-4-12)10-21-16(23)22-13-5-6-14-15(9-13)25-8-7-24-14/h1-6,9H,7-8,10H2,(H2,21,22,23). The van der Waals surface area contributed by atoms with Gasteiger partial charge < -0.3 is 20.1 Å². The molecule has 1 aliphatic heterocycles. The van der Waals surface area contributed by atoms with Crippen LogP contribution in [0.3, 0.4) is 0 Å². The maximum Gasteiger partial charge on any atom is 0.416 e. The van der Waals surface area contributed by atoms with E-state index in [0.29, 0.717) is 36.0 Å². The molecule has 2 aromatic carbocycles. The number of benzene rings is 2. The smallest absolute Gasteiger partial charge is 0.416 e. The first-order valence-electron chi connectivity index (χ1n) is 7.52. The molecule has 2 aromatic rings. The molecule has 5 nitrogen and oxygen atoms in total. The average Bonchev–Trinajstić information content (AvgIpc) is 2.59. The predicted octanol–water partition coefficient (Wildman–Crippen LogP) is 3.80. The molecule has 0 bridgehead atoms. The molecule has 3 rings (SSSR count). The number of amides is 2. The van der Waals surface area contributed by atoms with Gasteiger partial charge in [-0.1, -0.05) is 12.1 Å². The topological polar surface area (TPSA) is 59.6 Å². The summed E-state index contributed by atoms with van der Waals surface area (Å²) in [5.41, 5.74) is 0.358. The highest BCUT2D eigenvalue weighted by Gasteiger charge is 2.29. The molecule has 1 heterocycles. The zero-order valence-electron chi connectivity index (χ0n) is 13.0. The van der Waals surface area contributed by atoms with Gasteiger partial charge in [0.2, 0.25) is 0 Å². The summed E-state index contributed by atoms with van der Waals surface area (Å²) in [6.45, 7) is 1.03. The second kappa shape index (κ2) is 6.92. The van der Waals surface area contributed by atoms with Crippen LogP contribution in [0.15, 0.2) is 42.5 Å². The van der Waals surface area contributed by atoms with E-state index in [2.05, 4.69) is 10.6 Å². The van der Waals surface area contributed by atoms with E-state index in [4.69, 9.17) is 9.47 Å². The second-order valence-corrected chi connectivity index (χ2v) is 5.36. The zero-order valence-corrected chi connectivity index (χ0v) is 13.0. The average molecular weight is 352 g/mol. The fourth-order valence-corrected chi connectivity index (χ4v) is 2.29. The van der Waals surface area contributed by atoms with Crippen molar-refractivity contribution in [3.05, 3.63) is 53.6 Å². The van der Waals surface area contributed by atoms with Crippen LogP contribution in [-0.4, -0.2) is 19.2 Å². The Balaban J connectivity index is 1.54. The normalized spacial score (nSPS) is 13.2. The third-order valence-corrected chi connectivity index (χ3v) is 3.53. The molecule has 2 amide bonds. The lowest BCUT2D eigenvalue weighted by molar-refractivity contribution is -0.137. The molecule has 0 unspecified atom stereocenters. The Morgan fingerprint density at radius 2 is 1.68 bits per heavy atom. The van der Waals surface area contributed by atoms with Gasteiger partial charge in [0.25, 0.3) is 0 Å². The lowest BCUT2D eigenvalue weighted by Crippen LogP contribution is -2.28. The number of anilines is 1. The van der Waals surface area contributed by atoms with E-state index in [9.17, 15) is 18.0 Å². The summed E-state index contributed by atoms with van der Waals surface area (Å²) >= 11 is 0. The van der Waals surface area contributed by atoms with Crippen LogP contribution in [0.25, 0.3) is 0 Å². The molecule has 0 radical (unpaired) electrons. The second-order valence-electron chi connectivity index (χ2n) is 5.36. The van der Waals surface area contributed by atoms with Gasteiger partial charge in [-0.3, -0.25) is 0 Å². The van der Waals surface area contributed by atoms with Gasteiger partial charge in [-0.2, -0.15) is 13.2 Å². The number of ether oxygens (including phenoxy) is 2. The van der Waals surface area contributed by atoms with Gasteiger partial charge in [0.15, 0.2) is 11.5 Å². The number of carbonyl (C=O) groups excluding carboxylic acids is 1. The molecule has 0 saturated heterocycles. The summed E-state index contributed by atoms with van der Waals surface area (Å²) < 4.78 is 48.3. The number of fused-ring (bicyclic) bond motifs is 1. The summed E-state index contributed by atoms with van der Waals surface area (Å²) in [4.78, 5) is 11.9. The van der Waals surface area contributed by atoms with Crippen LogP contribution in [0.5, 0.6) is 11.5 Å². The molecule has 0 aliphatic carbocycles. The van der Waals surface area contributed by atoms with Crippen LogP contribution in [0.2, 0.25) is 0 Å². The molecule has 1 aliphatic rings. The van der Waals surface area contributed by atoms with Crippen LogP contribution in [0.1, 0.15) is 11.1 Å². The predicted molar refractivity (Wildman–Crippen MR) is 84.7 cm³/mol. The van der Waals surface area contributed by atoms with Crippen molar-refractivity contribution in [2.75, 3.05) is 18.5 Å². The number of halogens is 3. The molecule has 25 heavy (non-hydrogen) atoms. The monoisotopic (exact) mass is 352 g/mol. The van der Waals surface area contributed by atoms with Crippen LogP contribution < -0.4 is 20.1 Å². The Morgan fingerprint density at radius 3 is 2.36 bits per heavy atom. The van der Waals surface area contributed by atoms with Crippen molar-refractivity contribution in [3.63, 3.8) is 0 Å². The summed E-state index contributed by atoms with van der Waals surface area (Å²) in [7, 11) is 0. The molecular formula is C17H15F3N2O3. The van der Waals surface area contributed by atoms with Crippen molar-refractivity contribution in [3.8, 4) is 11.5 Å². The number of alkyl halides is 3. The van der Waals surface area contributed by atoms with E-state index in [0.717, 1.165) is 12.1 Å². The minimum Gasteiger partial charge on any atom is -0.486 e. The minimum atomic E-state index is -4.37. The summed E-state index contributed by atoms with van der Waals surface area (Å²) in [5.74, 6) is 1.16. The van der Waals surface area contributed by atoms with E-state index >= 15 is 0 Å². The summed E-state index contributed by atoms with van der Waals surface area (Å²) in [5, 5.41) is 5.21. The van der Waals surface area contributed by atoms with Crippen molar-refractivity contribution in [2.45, 2.75) is 12.7 Å². The van der Waals surface area contributed by atoms with Gasteiger partial charge in [-0.25, -0.2) is 4.79 Å². The van der Waals surface area contributed by atoms with Crippen LogP contribution >= 0.6 is 0 Å². The highest BCUT2D eigenvalue weighted by molar-refractivity contribution is 5.89. The third-order valence-electron chi connectivity index (χ3n) is 3.53. The van der Waals surface area contributed by atoms with E-state index < -0.39 is 17.8 Å². The van der Waals surface area contributed by atoms with Gasteiger partial charge >= 0.3 is 12.2 Å². The fourth-order valence-electron chi connectivity index (χ4n) is 2.29. The van der Waals surface area contributed by atoms with E-state index in [1.54, 1.807) is 18.2 Å². The lowest BCUT2D eigenvalue weighted by atomic mass is 10.1. The number of hydrogen-bond acceptors (Lipinski definition) is 3. The highest BCUT2D eigenvalue weighted by atomic mass is 19.4. The van der Waals surface area contributed by atoms with E-state index in [1.165, 1.54) is 12.1 Å². The third kappa shape index (κ3) is 4.34. The van der Waals surface area contributed by atoms with E-state index in [1.807, 2.05) is 0 Å². The Hall–Kier alpha value is -2.90. The van der Waals surface area contributed by atoms with Crippen LogP contribution in [0.4, 0.5) is 23.7 Å². The zero-order chi connectivity index (χ0) is 17.9. The minimum absolute atomic E-state index is 0.106. The van der Waals surface area contributed by atoms with Crippen molar-refractivity contribution < 1.29 is 27.4 Å². The van der Waals surface area contributed by atoms with Crippen LogP contribution in [-0.2, 0) is 12.7 Å². The van der Waals surface area contributed by atoms with E-state index in [-0.39, 0.29) is 6.54 Å². The van der Waals surface area contributed by atoms with Crippen molar-refractivity contribution in [1.82, 2.24) is 5.32 Å². The van der Waals surface area contributed by atoms with Gasteiger partial charge in [0.1, 0.15) is 13.2 Å². The molecular weight excluding hydrogens is 337 g/mol. The maximum atomic E-state index is 12.5. The van der Waals surface area contributed by atoms with Crippen LogP contribution in [0, 0.1) is 0 Å². The maximum absolute atomic E-state index is 12.5. The number of hydrogen-bond donors (Lipinski definition) is 2. The highest BCUT2D eigenvalue weighted by Crippen LogP contribution is 2.32. The summed E-state index contributed by atoms with van der Waals surface area (Å²) in [6.07, 6.45) is -4.37. The molecule has 0 saturated carbocycles. The first-order valence-corrected chi connectivity index (χ1v) is 7.52. The van der Waals surface area contributed by atoms with Gasteiger partial charge in [-0.05, 0) is 29.8 Å². The quantitative estimate of drug-likeness (QED) is 0.883. The van der Waals surface area contributed by atoms with Crippen molar-refractivity contribution in [1.29, 1.82) is 0 Å². The molecule has 0 spiro atoms. The van der Waals surface area contributed by atoms with Gasteiger partial charge in [0, 0.05) is 18.3 Å². The number of urea groups is 1. The Morgan fingerprint density at radius 1 is 1.00 bits per heavy atom. The van der Waals surface area contributed by atoms with Gasteiger partial charge in [-0.15, -0.1) is 0 Å². The Labute approximate surface area is 141 Å². The Bertz CT molecular complexity index is 761. The van der Waals surface area contributed by atoms with Crippen molar-refractivity contribution >= 4 is 11.7 Å². The molecule has 0 fully saturated rings. The van der Waals surface area contributed by atoms with Crippen molar-refractivity contribution in [2.24, 2.45) is 0 Å². The number of nitrogens with one attached hydrogen (secondary N) is 2. The first kappa shape index (κ1) is 16.9. The molecule has 8 heteroatoms.